The Morgan fingerprint density at radius 1 is 1.15 bits per heavy atom. The first kappa shape index (κ1) is 9.85. The van der Waals surface area contributed by atoms with Gasteiger partial charge in [0.15, 0.2) is 0 Å². The van der Waals surface area contributed by atoms with Gasteiger partial charge in [0.2, 0.25) is 0 Å². The molecule has 0 aromatic rings. The van der Waals surface area contributed by atoms with Crippen LogP contribution in [0.1, 0.15) is 46.0 Å². The van der Waals surface area contributed by atoms with Crippen LogP contribution in [-0.2, 0) is 0 Å². The van der Waals surface area contributed by atoms with Gasteiger partial charge in [0.1, 0.15) is 0 Å². The molecule has 1 unspecified atom stereocenters. The molecule has 1 saturated carbocycles. The van der Waals surface area contributed by atoms with Crippen LogP contribution in [0.5, 0.6) is 0 Å². The van der Waals surface area contributed by atoms with Crippen LogP contribution in [0.2, 0.25) is 0 Å². The largest absolute Gasteiger partial charge is 0.303 e. The maximum Gasteiger partial charge on any atom is 0.0650 e. The molecule has 2 fully saturated rings. The zero-order chi connectivity index (χ0) is 9.36. The maximum atomic E-state index is 3.75. The average Bonchev–Trinajstić information content (AvgIpc) is 2.03. The van der Waals surface area contributed by atoms with Gasteiger partial charge in [0.05, 0.1) is 4.87 Å². The standard InChI is InChI=1S/C11H21NS/c1-10(2)5-3-6-11(9-10)12-7-4-8-13-11/h12H,3-9H2,1-2H3. The fraction of sp³-hybridized carbons (Fsp3) is 1.00. The Hall–Kier alpha value is 0.310. The van der Waals surface area contributed by atoms with E-state index in [1.807, 2.05) is 0 Å². The highest BCUT2D eigenvalue weighted by Crippen LogP contribution is 2.47. The highest BCUT2D eigenvalue weighted by atomic mass is 32.2. The van der Waals surface area contributed by atoms with Crippen molar-refractivity contribution in [2.24, 2.45) is 5.41 Å². The molecule has 1 aliphatic carbocycles. The number of hydrogen-bond donors (Lipinski definition) is 1. The van der Waals surface area contributed by atoms with Crippen molar-refractivity contribution in [1.29, 1.82) is 0 Å². The molecule has 1 N–H and O–H groups in total. The van der Waals surface area contributed by atoms with Gasteiger partial charge in [-0.2, -0.15) is 0 Å². The van der Waals surface area contributed by atoms with Gasteiger partial charge >= 0.3 is 0 Å². The van der Waals surface area contributed by atoms with Crippen LogP contribution in [0.25, 0.3) is 0 Å². The van der Waals surface area contributed by atoms with Crippen molar-refractivity contribution < 1.29 is 0 Å². The molecule has 0 aromatic heterocycles. The van der Waals surface area contributed by atoms with E-state index >= 15 is 0 Å². The average molecular weight is 199 g/mol. The molecule has 1 atom stereocenters. The lowest BCUT2D eigenvalue weighted by molar-refractivity contribution is 0.177. The fourth-order valence-corrected chi connectivity index (χ4v) is 4.45. The highest BCUT2D eigenvalue weighted by molar-refractivity contribution is 8.00. The summed E-state index contributed by atoms with van der Waals surface area (Å²) in [4.78, 5) is 0.458. The second-order valence-corrected chi connectivity index (χ2v) is 6.80. The predicted molar refractivity (Wildman–Crippen MR) is 60.1 cm³/mol. The van der Waals surface area contributed by atoms with Crippen LogP contribution in [0.3, 0.4) is 0 Å². The molecule has 2 heteroatoms. The number of thioether (sulfide) groups is 1. The van der Waals surface area contributed by atoms with Crippen LogP contribution in [0.15, 0.2) is 0 Å². The van der Waals surface area contributed by atoms with E-state index < -0.39 is 0 Å². The topological polar surface area (TPSA) is 12.0 Å². The number of nitrogens with one attached hydrogen (secondary N) is 1. The first-order valence-electron chi connectivity index (χ1n) is 5.51. The van der Waals surface area contributed by atoms with Crippen LogP contribution in [0, 0.1) is 5.41 Å². The molecule has 1 aliphatic heterocycles. The van der Waals surface area contributed by atoms with Crippen molar-refractivity contribution in [2.45, 2.75) is 50.8 Å². The molecular formula is C11H21NS. The fourth-order valence-electron chi connectivity index (χ4n) is 2.78. The molecular weight excluding hydrogens is 178 g/mol. The zero-order valence-corrected chi connectivity index (χ0v) is 9.67. The first-order chi connectivity index (χ1) is 6.12. The third-order valence-corrected chi connectivity index (χ3v) is 4.88. The lowest BCUT2D eigenvalue weighted by atomic mass is 9.74. The Morgan fingerprint density at radius 2 is 2.00 bits per heavy atom. The van der Waals surface area contributed by atoms with Gasteiger partial charge in [-0.3, -0.25) is 0 Å². The smallest absolute Gasteiger partial charge is 0.0650 e. The van der Waals surface area contributed by atoms with E-state index in [-0.39, 0.29) is 0 Å². The monoisotopic (exact) mass is 199 g/mol. The molecule has 76 valence electrons. The van der Waals surface area contributed by atoms with Crippen LogP contribution < -0.4 is 5.32 Å². The summed E-state index contributed by atoms with van der Waals surface area (Å²) in [6.07, 6.45) is 6.93. The second-order valence-electron chi connectivity index (χ2n) is 5.32. The molecule has 0 bridgehead atoms. The Labute approximate surface area is 86.0 Å². The van der Waals surface area contributed by atoms with Crippen LogP contribution in [-0.4, -0.2) is 17.2 Å². The molecule has 0 radical (unpaired) electrons. The summed E-state index contributed by atoms with van der Waals surface area (Å²) in [7, 11) is 0. The van der Waals surface area contributed by atoms with Crippen molar-refractivity contribution in [3.63, 3.8) is 0 Å². The summed E-state index contributed by atoms with van der Waals surface area (Å²) in [6, 6.07) is 0. The Balaban J connectivity index is 2.04. The highest BCUT2D eigenvalue weighted by Gasteiger charge is 2.40. The van der Waals surface area contributed by atoms with E-state index in [1.54, 1.807) is 0 Å². The summed E-state index contributed by atoms with van der Waals surface area (Å²) in [5, 5.41) is 3.75. The van der Waals surface area contributed by atoms with Gasteiger partial charge in [-0.05, 0) is 43.4 Å². The van der Waals surface area contributed by atoms with Crippen LogP contribution in [0.4, 0.5) is 0 Å². The molecule has 2 aliphatic rings. The van der Waals surface area contributed by atoms with Gasteiger partial charge in [0, 0.05) is 0 Å². The molecule has 1 nitrogen and oxygen atoms in total. The molecule has 2 rings (SSSR count). The maximum absolute atomic E-state index is 3.75. The predicted octanol–water partition coefficient (Wildman–Crippen LogP) is 3.01. The number of rotatable bonds is 0. The van der Waals surface area contributed by atoms with E-state index in [1.165, 1.54) is 44.4 Å². The van der Waals surface area contributed by atoms with Gasteiger partial charge < -0.3 is 5.32 Å². The normalized spacial score (nSPS) is 39.2. The van der Waals surface area contributed by atoms with Gasteiger partial charge in [0.25, 0.3) is 0 Å². The number of hydrogen-bond acceptors (Lipinski definition) is 2. The minimum atomic E-state index is 0.458. The molecule has 1 heterocycles. The third kappa shape index (κ3) is 2.21. The lowest BCUT2D eigenvalue weighted by Gasteiger charge is -2.47. The quantitative estimate of drug-likeness (QED) is 0.643. The van der Waals surface area contributed by atoms with E-state index in [0.717, 1.165) is 0 Å². The van der Waals surface area contributed by atoms with Gasteiger partial charge in [-0.25, -0.2) is 0 Å². The molecule has 0 amide bonds. The first-order valence-corrected chi connectivity index (χ1v) is 6.50. The van der Waals surface area contributed by atoms with Crippen molar-refractivity contribution in [3.05, 3.63) is 0 Å². The van der Waals surface area contributed by atoms with E-state index in [2.05, 4.69) is 30.9 Å². The zero-order valence-electron chi connectivity index (χ0n) is 8.86. The molecule has 1 saturated heterocycles. The van der Waals surface area contributed by atoms with Gasteiger partial charge in [-0.1, -0.05) is 20.3 Å². The van der Waals surface area contributed by atoms with Crippen molar-refractivity contribution in [2.75, 3.05) is 12.3 Å². The molecule has 0 aromatic carbocycles. The van der Waals surface area contributed by atoms with Crippen molar-refractivity contribution in [3.8, 4) is 0 Å². The summed E-state index contributed by atoms with van der Waals surface area (Å²) < 4.78 is 0. The summed E-state index contributed by atoms with van der Waals surface area (Å²) in [5.41, 5.74) is 0.565. The van der Waals surface area contributed by atoms with Gasteiger partial charge in [-0.15, -0.1) is 11.8 Å². The molecule has 1 spiro atoms. The summed E-state index contributed by atoms with van der Waals surface area (Å²) in [6.45, 7) is 6.08. The van der Waals surface area contributed by atoms with Crippen LogP contribution >= 0.6 is 11.8 Å². The summed E-state index contributed by atoms with van der Waals surface area (Å²) >= 11 is 2.18. The minimum absolute atomic E-state index is 0.458. The minimum Gasteiger partial charge on any atom is -0.303 e. The molecule has 13 heavy (non-hydrogen) atoms. The van der Waals surface area contributed by atoms with E-state index in [0.29, 0.717) is 10.3 Å². The lowest BCUT2D eigenvalue weighted by Crippen LogP contribution is -2.50. The SMILES string of the molecule is CC1(C)CCCC2(C1)NCCCS2. The Kier molecular flexibility index (Phi) is 2.63. The summed E-state index contributed by atoms with van der Waals surface area (Å²) in [5.74, 6) is 1.36. The Bertz CT molecular complexity index is 177. The van der Waals surface area contributed by atoms with Crippen molar-refractivity contribution >= 4 is 11.8 Å². The second kappa shape index (κ2) is 3.47. The Morgan fingerprint density at radius 3 is 2.62 bits per heavy atom. The van der Waals surface area contributed by atoms with E-state index in [4.69, 9.17) is 0 Å². The third-order valence-electron chi connectivity index (χ3n) is 3.34. The van der Waals surface area contributed by atoms with E-state index in [9.17, 15) is 0 Å². The van der Waals surface area contributed by atoms with Crippen molar-refractivity contribution in [1.82, 2.24) is 5.32 Å².